The van der Waals surface area contributed by atoms with Crippen molar-refractivity contribution < 1.29 is 29.3 Å². The minimum absolute atomic E-state index is 0.0418. The first-order valence-electron chi connectivity index (χ1n) is 11.0. The van der Waals surface area contributed by atoms with E-state index in [4.69, 9.17) is 4.74 Å². The fourth-order valence-electron chi connectivity index (χ4n) is 3.71. The first-order chi connectivity index (χ1) is 16.4. The Morgan fingerprint density at radius 2 is 1.38 bits per heavy atom. The van der Waals surface area contributed by atoms with Crippen molar-refractivity contribution >= 4 is 17.8 Å². The van der Waals surface area contributed by atoms with Crippen molar-refractivity contribution in [2.75, 3.05) is 19.7 Å². The standard InChI is InChI=1S/C27H27NO6/c1-2-34-20-13-11-19(12-14-20)15-17-28(18-16-25(29)30)26(31)23-9-5-3-7-21(23)22-8-4-6-10-24(22)27(32)33/h3-14H,2,15-18H2,1H3,(H,29,30)(H,32,33). The molecule has 7 nitrogen and oxygen atoms in total. The summed E-state index contributed by atoms with van der Waals surface area (Å²) >= 11 is 0. The van der Waals surface area contributed by atoms with Gasteiger partial charge in [-0.3, -0.25) is 9.59 Å². The van der Waals surface area contributed by atoms with E-state index in [1.54, 1.807) is 42.5 Å². The van der Waals surface area contributed by atoms with Crippen LogP contribution in [0.4, 0.5) is 0 Å². The molecule has 3 aromatic carbocycles. The van der Waals surface area contributed by atoms with E-state index >= 15 is 0 Å². The maximum atomic E-state index is 13.6. The largest absolute Gasteiger partial charge is 0.494 e. The van der Waals surface area contributed by atoms with Crippen LogP contribution in [0.1, 0.15) is 39.6 Å². The van der Waals surface area contributed by atoms with Crippen LogP contribution in [0.3, 0.4) is 0 Å². The van der Waals surface area contributed by atoms with Gasteiger partial charge < -0.3 is 19.8 Å². The van der Waals surface area contributed by atoms with E-state index in [2.05, 4.69) is 0 Å². The van der Waals surface area contributed by atoms with Crippen LogP contribution in [0.5, 0.6) is 5.75 Å². The molecule has 0 aliphatic carbocycles. The highest BCUT2D eigenvalue weighted by Gasteiger charge is 2.22. The topological polar surface area (TPSA) is 104 Å². The van der Waals surface area contributed by atoms with Crippen molar-refractivity contribution in [3.8, 4) is 16.9 Å². The molecule has 0 unspecified atom stereocenters. The average Bonchev–Trinajstić information content (AvgIpc) is 2.84. The Balaban J connectivity index is 1.89. The Bertz CT molecular complexity index is 1160. The lowest BCUT2D eigenvalue weighted by Crippen LogP contribution is -2.35. The zero-order valence-electron chi connectivity index (χ0n) is 18.9. The highest BCUT2D eigenvalue weighted by molar-refractivity contribution is 6.04. The van der Waals surface area contributed by atoms with Crippen LogP contribution in [0, 0.1) is 0 Å². The van der Waals surface area contributed by atoms with Crippen molar-refractivity contribution in [2.24, 2.45) is 0 Å². The predicted molar refractivity (Wildman–Crippen MR) is 128 cm³/mol. The third-order valence-electron chi connectivity index (χ3n) is 5.39. The van der Waals surface area contributed by atoms with Crippen LogP contribution < -0.4 is 4.74 Å². The van der Waals surface area contributed by atoms with Gasteiger partial charge >= 0.3 is 11.9 Å². The normalized spacial score (nSPS) is 10.5. The summed E-state index contributed by atoms with van der Waals surface area (Å²) in [5.74, 6) is -1.67. The van der Waals surface area contributed by atoms with Gasteiger partial charge in [0.15, 0.2) is 0 Å². The van der Waals surface area contributed by atoms with Crippen LogP contribution in [-0.4, -0.2) is 52.7 Å². The number of hydrogen-bond acceptors (Lipinski definition) is 4. The van der Waals surface area contributed by atoms with E-state index < -0.39 is 11.9 Å². The summed E-state index contributed by atoms with van der Waals surface area (Å²) in [5.41, 5.74) is 2.33. The van der Waals surface area contributed by atoms with Gasteiger partial charge in [0.1, 0.15) is 5.75 Å². The average molecular weight is 462 g/mol. The number of hydrogen-bond donors (Lipinski definition) is 2. The number of nitrogens with zero attached hydrogens (tertiary/aromatic N) is 1. The fourth-order valence-corrected chi connectivity index (χ4v) is 3.71. The second-order valence-electron chi connectivity index (χ2n) is 7.66. The van der Waals surface area contributed by atoms with Crippen LogP contribution in [0.2, 0.25) is 0 Å². The van der Waals surface area contributed by atoms with Gasteiger partial charge in [-0.2, -0.15) is 0 Å². The number of carbonyl (C=O) groups is 3. The number of aliphatic carboxylic acids is 1. The Kier molecular flexibility index (Phi) is 8.40. The van der Waals surface area contributed by atoms with Crippen molar-refractivity contribution in [3.63, 3.8) is 0 Å². The Hall–Kier alpha value is -4.13. The summed E-state index contributed by atoms with van der Waals surface area (Å²) in [6, 6.07) is 20.9. The van der Waals surface area contributed by atoms with E-state index in [9.17, 15) is 24.6 Å². The number of benzene rings is 3. The third kappa shape index (κ3) is 6.22. The monoisotopic (exact) mass is 461 g/mol. The van der Waals surface area contributed by atoms with Crippen molar-refractivity contribution in [1.29, 1.82) is 0 Å². The summed E-state index contributed by atoms with van der Waals surface area (Å²) in [5, 5.41) is 18.8. The van der Waals surface area contributed by atoms with E-state index in [0.29, 0.717) is 36.3 Å². The molecule has 0 saturated heterocycles. The molecule has 0 spiro atoms. The number of amides is 1. The molecular weight excluding hydrogens is 434 g/mol. The Morgan fingerprint density at radius 3 is 1.97 bits per heavy atom. The Labute approximate surface area is 198 Å². The van der Waals surface area contributed by atoms with Crippen molar-refractivity contribution in [2.45, 2.75) is 19.8 Å². The zero-order valence-corrected chi connectivity index (χ0v) is 18.9. The van der Waals surface area contributed by atoms with Crippen LogP contribution in [0.25, 0.3) is 11.1 Å². The molecular formula is C27H27NO6. The third-order valence-corrected chi connectivity index (χ3v) is 5.39. The molecule has 0 aliphatic heterocycles. The molecule has 1 amide bonds. The number of rotatable bonds is 11. The van der Waals surface area contributed by atoms with Crippen molar-refractivity contribution in [3.05, 3.63) is 89.5 Å². The van der Waals surface area contributed by atoms with Gasteiger partial charge in [0.2, 0.25) is 0 Å². The molecule has 0 heterocycles. The summed E-state index contributed by atoms with van der Waals surface area (Å²) in [4.78, 5) is 38.0. The number of aromatic carboxylic acids is 1. The number of carboxylic acids is 2. The molecule has 0 bridgehead atoms. The molecule has 0 aromatic heterocycles. The fraction of sp³-hybridized carbons (Fsp3) is 0.222. The summed E-state index contributed by atoms with van der Waals surface area (Å²) in [6.07, 6.45) is 0.342. The van der Waals surface area contributed by atoms with Gasteiger partial charge in [-0.25, -0.2) is 4.79 Å². The van der Waals surface area contributed by atoms with E-state index in [0.717, 1.165) is 11.3 Å². The second-order valence-corrected chi connectivity index (χ2v) is 7.66. The Morgan fingerprint density at radius 1 is 0.794 bits per heavy atom. The minimum Gasteiger partial charge on any atom is -0.494 e. The molecule has 0 fully saturated rings. The molecule has 3 aromatic rings. The van der Waals surface area contributed by atoms with Gasteiger partial charge in [-0.1, -0.05) is 48.5 Å². The summed E-state index contributed by atoms with van der Waals surface area (Å²) in [7, 11) is 0. The van der Waals surface area contributed by atoms with Gasteiger partial charge in [-0.15, -0.1) is 0 Å². The molecule has 0 radical (unpaired) electrons. The lowest BCUT2D eigenvalue weighted by Gasteiger charge is -2.24. The van der Waals surface area contributed by atoms with Gasteiger partial charge in [0.25, 0.3) is 5.91 Å². The SMILES string of the molecule is CCOc1ccc(CCN(CCC(=O)O)C(=O)c2ccccc2-c2ccccc2C(=O)O)cc1. The second kappa shape index (κ2) is 11.7. The van der Waals surface area contributed by atoms with E-state index in [-0.39, 0.29) is 24.4 Å². The molecule has 34 heavy (non-hydrogen) atoms. The van der Waals surface area contributed by atoms with Gasteiger partial charge in [0.05, 0.1) is 18.6 Å². The highest BCUT2D eigenvalue weighted by Crippen LogP contribution is 2.28. The lowest BCUT2D eigenvalue weighted by atomic mass is 9.94. The number of ether oxygens (including phenoxy) is 1. The molecule has 0 saturated carbocycles. The van der Waals surface area contributed by atoms with Crippen LogP contribution in [-0.2, 0) is 11.2 Å². The predicted octanol–water partition coefficient (Wildman–Crippen LogP) is 4.61. The minimum atomic E-state index is -1.09. The number of carboxylic acid groups (broad SMARTS) is 2. The van der Waals surface area contributed by atoms with Crippen LogP contribution >= 0.6 is 0 Å². The maximum absolute atomic E-state index is 13.6. The van der Waals surface area contributed by atoms with E-state index in [1.807, 2.05) is 31.2 Å². The molecule has 2 N–H and O–H groups in total. The molecule has 0 atom stereocenters. The highest BCUT2D eigenvalue weighted by atomic mass is 16.5. The summed E-state index contributed by atoms with van der Waals surface area (Å²) < 4.78 is 5.46. The molecule has 7 heteroatoms. The lowest BCUT2D eigenvalue weighted by molar-refractivity contribution is -0.137. The molecule has 0 aliphatic rings. The number of carbonyl (C=O) groups excluding carboxylic acids is 1. The van der Waals surface area contributed by atoms with Gasteiger partial charge in [0, 0.05) is 18.7 Å². The summed E-state index contributed by atoms with van der Waals surface area (Å²) in [6.45, 7) is 2.84. The quantitative estimate of drug-likeness (QED) is 0.432. The van der Waals surface area contributed by atoms with Crippen molar-refractivity contribution in [1.82, 2.24) is 4.90 Å². The smallest absolute Gasteiger partial charge is 0.336 e. The first kappa shape index (κ1) is 24.5. The maximum Gasteiger partial charge on any atom is 0.336 e. The first-order valence-corrected chi connectivity index (χ1v) is 11.0. The molecule has 3 rings (SSSR count). The van der Waals surface area contributed by atoms with Crippen LogP contribution in [0.15, 0.2) is 72.8 Å². The molecule has 176 valence electrons. The van der Waals surface area contributed by atoms with Gasteiger partial charge in [-0.05, 0) is 54.3 Å². The van der Waals surface area contributed by atoms with E-state index in [1.165, 1.54) is 11.0 Å². The zero-order chi connectivity index (χ0) is 24.5.